The Balaban J connectivity index is 1.71. The van der Waals surface area contributed by atoms with E-state index in [1.807, 2.05) is 0 Å². The number of carbonyl (C=O) groups is 1. The maximum atomic E-state index is 13.1. The molecule has 2 fully saturated rings. The number of carbonyl (C=O) groups excluding carboxylic acids is 1. The summed E-state index contributed by atoms with van der Waals surface area (Å²) in [4.78, 5) is 13.1. The summed E-state index contributed by atoms with van der Waals surface area (Å²) in [5, 5.41) is 72.3. The van der Waals surface area contributed by atoms with Crippen molar-refractivity contribution in [2.75, 3.05) is 33.0 Å². The predicted molar refractivity (Wildman–Crippen MR) is 289 cm³/mol. The molecule has 2 heterocycles. The minimum absolute atomic E-state index is 0.0589. The normalized spacial score (nSPS) is 25.2. The Morgan fingerprint density at radius 3 is 1.36 bits per heavy atom. The summed E-state index contributed by atoms with van der Waals surface area (Å²) in [6, 6.07) is 0. The molecule has 2 rings (SSSR count). The van der Waals surface area contributed by atoms with Gasteiger partial charge in [0.15, 0.2) is 12.6 Å². The molecule has 11 unspecified atom stereocenters. The molecule has 2 saturated heterocycles. The van der Waals surface area contributed by atoms with Gasteiger partial charge in [-0.1, -0.05) is 192 Å². The highest BCUT2D eigenvalue weighted by atomic mass is 16.7. The van der Waals surface area contributed by atoms with Crippen LogP contribution in [0.15, 0.2) is 36.5 Å². The van der Waals surface area contributed by atoms with Gasteiger partial charge in [-0.05, 0) is 70.6 Å². The monoisotopic (exact) mass is 1040 g/mol. The summed E-state index contributed by atoms with van der Waals surface area (Å²) in [6.45, 7) is 3.68. The van der Waals surface area contributed by atoms with Crippen LogP contribution in [0.5, 0.6) is 0 Å². The number of esters is 1. The second-order valence-electron chi connectivity index (χ2n) is 20.8. The Kier molecular flexibility index (Phi) is 42.7. The summed E-state index contributed by atoms with van der Waals surface area (Å²) in [5.74, 6) is -0.382. The van der Waals surface area contributed by atoms with Crippen molar-refractivity contribution in [1.82, 2.24) is 0 Å². The third kappa shape index (κ3) is 33.2. The van der Waals surface area contributed by atoms with Crippen molar-refractivity contribution in [1.29, 1.82) is 0 Å². The molecule has 0 aliphatic carbocycles. The van der Waals surface area contributed by atoms with Gasteiger partial charge in [-0.2, -0.15) is 0 Å². The third-order valence-electron chi connectivity index (χ3n) is 14.1. The van der Waals surface area contributed by atoms with Crippen LogP contribution in [0.3, 0.4) is 0 Å². The SMILES string of the molecule is CCCCC/C=C\C/C=C\CCCCCCCCCC(=O)OC(COCCCCCCCCCCCC/C=C\CCCCCCCCCC)COC1OC(COC2OC(CO)C(O)C(O)C2O)C(O)C(O)C1O. The van der Waals surface area contributed by atoms with Crippen LogP contribution < -0.4 is 0 Å². The Hall–Kier alpha value is -1.79. The Labute approximate surface area is 442 Å². The summed E-state index contributed by atoms with van der Waals surface area (Å²) in [5.41, 5.74) is 0. The van der Waals surface area contributed by atoms with Crippen LogP contribution in [0.4, 0.5) is 0 Å². The van der Waals surface area contributed by atoms with Gasteiger partial charge in [0, 0.05) is 13.0 Å². The first-order valence-corrected chi connectivity index (χ1v) is 29.6. The van der Waals surface area contributed by atoms with E-state index in [9.17, 15) is 40.5 Å². The first-order valence-electron chi connectivity index (χ1n) is 29.6. The van der Waals surface area contributed by atoms with Crippen molar-refractivity contribution >= 4 is 5.97 Å². The molecular formula is C59H108O14. The molecule has 0 aromatic rings. The van der Waals surface area contributed by atoms with Gasteiger partial charge in [-0.25, -0.2) is 0 Å². The maximum absolute atomic E-state index is 13.1. The zero-order valence-electron chi connectivity index (χ0n) is 45.9. The van der Waals surface area contributed by atoms with Gasteiger partial charge in [0.25, 0.3) is 0 Å². The lowest BCUT2D eigenvalue weighted by Crippen LogP contribution is -2.61. The smallest absolute Gasteiger partial charge is 0.306 e. The fourth-order valence-electron chi connectivity index (χ4n) is 9.31. The molecular weight excluding hydrogens is 933 g/mol. The molecule has 11 atom stereocenters. The molecule has 73 heavy (non-hydrogen) atoms. The van der Waals surface area contributed by atoms with E-state index in [0.29, 0.717) is 13.0 Å². The van der Waals surface area contributed by atoms with E-state index in [1.165, 1.54) is 154 Å². The largest absolute Gasteiger partial charge is 0.457 e. The Bertz CT molecular complexity index is 1350. The lowest BCUT2D eigenvalue weighted by Gasteiger charge is -2.42. The van der Waals surface area contributed by atoms with Crippen LogP contribution in [-0.4, -0.2) is 142 Å². The van der Waals surface area contributed by atoms with E-state index in [0.717, 1.165) is 51.4 Å². The average Bonchev–Trinajstić information content (AvgIpc) is 3.39. The standard InChI is InChI=1S/C59H108O14/c1-3-5-7-9-11-13-15-17-19-21-22-23-24-25-27-29-31-33-35-37-39-41-43-68-45-48(71-51(61)42-40-38-36-34-32-30-28-26-20-18-16-14-12-10-8-6-4-2)46-69-58-57(67)55(65)53(63)50(73-58)47-70-59-56(66)54(64)52(62)49(44-60)72-59/h12,14,18,20-22,48-50,52-60,62-67H,3-11,13,15-17,19,23-47H2,1-2H3/b14-12-,20-18-,22-21-. The van der Waals surface area contributed by atoms with Crippen molar-refractivity contribution in [3.05, 3.63) is 36.5 Å². The third-order valence-corrected chi connectivity index (χ3v) is 14.1. The Morgan fingerprint density at radius 2 is 0.849 bits per heavy atom. The summed E-state index contributed by atoms with van der Waals surface area (Å²) < 4.78 is 34.4. The summed E-state index contributed by atoms with van der Waals surface area (Å²) in [7, 11) is 0. The molecule has 2 aliphatic heterocycles. The molecule has 7 N–H and O–H groups in total. The van der Waals surface area contributed by atoms with Crippen molar-refractivity contribution in [2.24, 2.45) is 0 Å². The van der Waals surface area contributed by atoms with E-state index in [2.05, 4.69) is 50.3 Å². The summed E-state index contributed by atoms with van der Waals surface area (Å²) in [6.07, 6.45) is 37.7. The van der Waals surface area contributed by atoms with Crippen LogP contribution in [0.1, 0.15) is 232 Å². The molecule has 0 bridgehead atoms. The number of aliphatic hydroxyl groups is 7. The lowest BCUT2D eigenvalue weighted by molar-refractivity contribution is -0.332. The fraction of sp³-hybridized carbons (Fsp3) is 0.881. The number of ether oxygens (including phenoxy) is 6. The van der Waals surface area contributed by atoms with Gasteiger partial charge in [-0.15, -0.1) is 0 Å². The maximum Gasteiger partial charge on any atom is 0.306 e. The predicted octanol–water partition coefficient (Wildman–Crippen LogP) is 10.5. The van der Waals surface area contributed by atoms with Crippen molar-refractivity contribution in [3.8, 4) is 0 Å². The van der Waals surface area contributed by atoms with E-state index >= 15 is 0 Å². The van der Waals surface area contributed by atoms with Crippen LogP contribution in [-0.2, 0) is 33.2 Å². The number of hydrogen-bond donors (Lipinski definition) is 7. The quantitative estimate of drug-likeness (QED) is 0.0172. The second-order valence-corrected chi connectivity index (χ2v) is 20.8. The molecule has 0 spiro atoms. The molecule has 2 aliphatic rings. The van der Waals surface area contributed by atoms with E-state index in [1.54, 1.807) is 0 Å². The lowest BCUT2D eigenvalue weighted by atomic mass is 9.98. The first-order chi connectivity index (χ1) is 35.6. The molecule has 0 amide bonds. The topological polar surface area (TPSA) is 214 Å². The number of aliphatic hydroxyl groups excluding tert-OH is 7. The molecule has 0 radical (unpaired) electrons. The fourth-order valence-corrected chi connectivity index (χ4v) is 9.31. The van der Waals surface area contributed by atoms with Gasteiger partial charge in [-0.3, -0.25) is 4.79 Å². The van der Waals surface area contributed by atoms with Crippen molar-refractivity contribution in [3.63, 3.8) is 0 Å². The summed E-state index contributed by atoms with van der Waals surface area (Å²) >= 11 is 0. The van der Waals surface area contributed by atoms with Crippen LogP contribution >= 0.6 is 0 Å². The highest BCUT2D eigenvalue weighted by Gasteiger charge is 2.47. The van der Waals surface area contributed by atoms with E-state index in [4.69, 9.17) is 28.4 Å². The minimum atomic E-state index is -1.71. The van der Waals surface area contributed by atoms with E-state index in [-0.39, 0.29) is 25.6 Å². The van der Waals surface area contributed by atoms with Gasteiger partial charge in [0.1, 0.15) is 54.9 Å². The highest BCUT2D eigenvalue weighted by molar-refractivity contribution is 5.69. The zero-order valence-corrected chi connectivity index (χ0v) is 45.9. The van der Waals surface area contributed by atoms with Gasteiger partial charge in [0.2, 0.25) is 0 Å². The van der Waals surface area contributed by atoms with Gasteiger partial charge >= 0.3 is 5.97 Å². The molecule has 14 nitrogen and oxygen atoms in total. The number of allylic oxidation sites excluding steroid dienone is 6. The number of rotatable bonds is 48. The minimum Gasteiger partial charge on any atom is -0.457 e. The molecule has 0 aromatic carbocycles. The second kappa shape index (κ2) is 46.3. The molecule has 0 saturated carbocycles. The van der Waals surface area contributed by atoms with Crippen molar-refractivity contribution in [2.45, 2.75) is 300 Å². The molecule has 14 heteroatoms. The first kappa shape index (κ1) is 67.3. The average molecular weight is 1040 g/mol. The van der Waals surface area contributed by atoms with Crippen LogP contribution in [0, 0.1) is 0 Å². The van der Waals surface area contributed by atoms with E-state index < -0.39 is 80.7 Å². The van der Waals surface area contributed by atoms with Crippen LogP contribution in [0.2, 0.25) is 0 Å². The number of hydrogen-bond acceptors (Lipinski definition) is 14. The molecule has 428 valence electrons. The zero-order chi connectivity index (χ0) is 53.0. The molecule has 0 aromatic heterocycles. The highest BCUT2D eigenvalue weighted by Crippen LogP contribution is 2.27. The Morgan fingerprint density at radius 1 is 0.452 bits per heavy atom. The van der Waals surface area contributed by atoms with Gasteiger partial charge in [0.05, 0.1) is 26.4 Å². The van der Waals surface area contributed by atoms with Crippen molar-refractivity contribution < 1.29 is 69.0 Å². The van der Waals surface area contributed by atoms with Gasteiger partial charge < -0.3 is 64.2 Å². The number of unbranched alkanes of at least 4 members (excludes halogenated alkanes) is 28. The van der Waals surface area contributed by atoms with Crippen LogP contribution in [0.25, 0.3) is 0 Å².